The minimum Gasteiger partial charge on any atom is -0.491 e. The highest BCUT2D eigenvalue weighted by Crippen LogP contribution is 2.26. The Morgan fingerprint density at radius 3 is 1.15 bits per heavy atom. The van der Waals surface area contributed by atoms with Crippen LogP contribution in [-0.2, 0) is 17.6 Å². The van der Waals surface area contributed by atoms with Crippen molar-refractivity contribution in [2.45, 2.75) is 19.8 Å². The number of hydrogen-bond acceptors (Lipinski definition) is 5. The Kier molecular flexibility index (Phi) is 10.6. The van der Waals surface area contributed by atoms with Crippen molar-refractivity contribution in [3.63, 3.8) is 0 Å². The molecule has 6 aromatic rings. The molecule has 0 saturated carbocycles. The predicted molar refractivity (Wildman–Crippen MR) is 190 cm³/mol. The maximum atomic E-state index is 13.2. The first-order chi connectivity index (χ1) is 23.5. The van der Waals surface area contributed by atoms with Crippen molar-refractivity contribution >= 4 is 5.78 Å². The first-order valence-corrected chi connectivity index (χ1v) is 16.1. The maximum absolute atomic E-state index is 13.2. The summed E-state index contributed by atoms with van der Waals surface area (Å²) in [6.45, 7) is 3.20. The molecule has 0 aliphatic carbocycles. The molecule has 0 heterocycles. The number of aryl methyl sites for hydroxylation is 1. The quantitative estimate of drug-likeness (QED) is 0.0882. The summed E-state index contributed by atoms with van der Waals surface area (Å²) in [5.74, 6) is 3.60. The van der Waals surface area contributed by atoms with Gasteiger partial charge in [0, 0.05) is 18.2 Å². The van der Waals surface area contributed by atoms with Gasteiger partial charge in [-0.15, -0.1) is 0 Å². The molecule has 6 rings (SSSR count). The van der Waals surface area contributed by atoms with Crippen LogP contribution >= 0.6 is 0 Å². The summed E-state index contributed by atoms with van der Waals surface area (Å²) in [5.41, 5.74) is 7.32. The van der Waals surface area contributed by atoms with E-state index in [1.807, 2.05) is 60.7 Å². The summed E-state index contributed by atoms with van der Waals surface area (Å²) in [6, 6.07) is 47.3. The second-order valence-corrected chi connectivity index (χ2v) is 11.7. The minimum absolute atomic E-state index is 0.0625. The highest BCUT2D eigenvalue weighted by atomic mass is 16.5. The Labute approximate surface area is 282 Å². The molecular formula is C43H38O5. The second kappa shape index (κ2) is 15.8. The second-order valence-electron chi connectivity index (χ2n) is 11.7. The van der Waals surface area contributed by atoms with Crippen molar-refractivity contribution in [1.82, 2.24) is 0 Å². The molecule has 5 nitrogen and oxygen atoms in total. The summed E-state index contributed by atoms with van der Waals surface area (Å²) in [5, 5.41) is 0. The van der Waals surface area contributed by atoms with Gasteiger partial charge in [0.1, 0.15) is 35.4 Å². The average Bonchev–Trinajstić information content (AvgIpc) is 3.12. The molecule has 0 aromatic heterocycles. The third-order valence-electron chi connectivity index (χ3n) is 7.97. The Hall–Kier alpha value is -5.65. The number of carbonyl (C=O) groups excluding carboxylic acids is 1. The lowest BCUT2D eigenvalue weighted by Crippen LogP contribution is -2.04. The molecule has 0 saturated heterocycles. The van der Waals surface area contributed by atoms with Crippen molar-refractivity contribution in [3.8, 4) is 28.7 Å². The number of benzene rings is 6. The van der Waals surface area contributed by atoms with Crippen LogP contribution in [0.2, 0.25) is 0 Å². The zero-order chi connectivity index (χ0) is 33.1. The van der Waals surface area contributed by atoms with Gasteiger partial charge in [0.25, 0.3) is 0 Å². The molecule has 0 fully saturated rings. The van der Waals surface area contributed by atoms with Gasteiger partial charge >= 0.3 is 0 Å². The summed E-state index contributed by atoms with van der Waals surface area (Å²) in [4.78, 5) is 13.2. The number of hydrogen-bond donors (Lipinski definition) is 0. The van der Waals surface area contributed by atoms with Crippen molar-refractivity contribution in [2.24, 2.45) is 0 Å². The van der Waals surface area contributed by atoms with Gasteiger partial charge < -0.3 is 18.9 Å². The topological polar surface area (TPSA) is 54.0 Å². The van der Waals surface area contributed by atoms with Crippen LogP contribution in [0.15, 0.2) is 146 Å². The number of ketones is 1. The predicted octanol–water partition coefficient (Wildman–Crippen LogP) is 10.0. The molecule has 0 bridgehead atoms. The van der Waals surface area contributed by atoms with E-state index in [0.29, 0.717) is 35.8 Å². The van der Waals surface area contributed by atoms with E-state index >= 15 is 0 Å². The van der Waals surface area contributed by atoms with E-state index in [1.165, 1.54) is 27.8 Å². The highest BCUT2D eigenvalue weighted by Gasteiger charge is 2.11. The van der Waals surface area contributed by atoms with E-state index < -0.39 is 0 Å². The molecule has 0 atom stereocenters. The lowest BCUT2D eigenvalue weighted by Gasteiger charge is -2.09. The Morgan fingerprint density at radius 2 is 0.771 bits per heavy atom. The van der Waals surface area contributed by atoms with Crippen LogP contribution in [0.1, 0.15) is 43.7 Å². The molecule has 0 aliphatic heterocycles. The van der Waals surface area contributed by atoms with Crippen LogP contribution in [0.25, 0.3) is 0 Å². The summed E-state index contributed by atoms with van der Waals surface area (Å²) >= 11 is 0. The molecule has 0 unspecified atom stereocenters. The molecule has 6 aromatic carbocycles. The molecule has 0 aliphatic rings. The van der Waals surface area contributed by atoms with Crippen LogP contribution in [0.3, 0.4) is 0 Å². The van der Waals surface area contributed by atoms with Crippen molar-refractivity contribution in [3.05, 3.63) is 185 Å². The van der Waals surface area contributed by atoms with Gasteiger partial charge in [0.05, 0.1) is 6.61 Å². The van der Waals surface area contributed by atoms with Gasteiger partial charge in [0.2, 0.25) is 0 Å². The minimum atomic E-state index is -0.0625. The fraction of sp³-hybridized carbons (Fsp3) is 0.140. The number of ether oxygens (including phenoxy) is 4. The lowest BCUT2D eigenvalue weighted by molar-refractivity contribution is 0.103. The van der Waals surface area contributed by atoms with Crippen molar-refractivity contribution in [1.29, 1.82) is 0 Å². The molecule has 48 heavy (non-hydrogen) atoms. The number of methoxy groups -OCH3 is 1. The van der Waals surface area contributed by atoms with Gasteiger partial charge in [0.15, 0.2) is 5.78 Å². The molecule has 240 valence electrons. The maximum Gasteiger partial charge on any atom is 0.193 e. The van der Waals surface area contributed by atoms with Gasteiger partial charge in [-0.1, -0.05) is 66.2 Å². The number of carbonyl (C=O) groups is 1. The normalized spacial score (nSPS) is 10.8. The average molecular weight is 635 g/mol. The fourth-order valence-electron chi connectivity index (χ4n) is 5.26. The lowest BCUT2D eigenvalue weighted by atomic mass is 10.0. The van der Waals surface area contributed by atoms with Crippen molar-refractivity contribution in [2.75, 3.05) is 20.3 Å². The first-order valence-electron chi connectivity index (χ1n) is 16.1. The monoisotopic (exact) mass is 634 g/mol. The summed E-state index contributed by atoms with van der Waals surface area (Å²) in [7, 11) is 1.66. The summed E-state index contributed by atoms with van der Waals surface area (Å²) in [6.07, 6.45) is 1.69. The van der Waals surface area contributed by atoms with E-state index in [4.69, 9.17) is 18.9 Å². The van der Waals surface area contributed by atoms with Crippen LogP contribution in [0, 0.1) is 6.92 Å². The first kappa shape index (κ1) is 32.3. The number of rotatable bonds is 14. The van der Waals surface area contributed by atoms with Gasteiger partial charge in [-0.2, -0.15) is 0 Å². The van der Waals surface area contributed by atoms with Gasteiger partial charge in [-0.25, -0.2) is 0 Å². The smallest absolute Gasteiger partial charge is 0.193 e. The van der Waals surface area contributed by atoms with E-state index in [1.54, 1.807) is 31.4 Å². The van der Waals surface area contributed by atoms with E-state index in [-0.39, 0.29) is 5.78 Å². The molecule has 0 radical (unpaired) electrons. The van der Waals surface area contributed by atoms with E-state index in [9.17, 15) is 4.79 Å². The van der Waals surface area contributed by atoms with Crippen LogP contribution in [0.4, 0.5) is 0 Å². The molecule has 0 amide bonds. The molecular weight excluding hydrogens is 596 g/mol. The molecule has 5 heteroatoms. The zero-order valence-corrected chi connectivity index (χ0v) is 27.2. The van der Waals surface area contributed by atoms with Gasteiger partial charge in [-0.3, -0.25) is 4.79 Å². The molecule has 0 N–H and O–H groups in total. The SMILES string of the molecule is COCCOc1ccc(Cc2ccc(Oc3ccc(C(=O)c4ccc(Oc5ccc(Cc6ccc(C)cc6)cc5)cc4)cc3)cc2)cc1. The van der Waals surface area contributed by atoms with Crippen LogP contribution in [-0.4, -0.2) is 26.1 Å². The summed E-state index contributed by atoms with van der Waals surface area (Å²) < 4.78 is 22.7. The van der Waals surface area contributed by atoms with E-state index in [2.05, 4.69) is 67.6 Å². The highest BCUT2D eigenvalue weighted by molar-refractivity contribution is 6.09. The standard InChI is InChI=1S/C43H38O5/c1-31-3-5-32(6-4-31)29-34-9-19-39(20-10-34)47-41-23-13-36(14-24-41)43(44)37-15-25-42(26-16-37)48-40-21-11-35(12-22-40)30-33-7-17-38(18-8-33)46-28-27-45-2/h3-26H,27-30H2,1-2H3. The third kappa shape index (κ3) is 8.99. The fourth-order valence-corrected chi connectivity index (χ4v) is 5.26. The largest absolute Gasteiger partial charge is 0.491 e. The van der Waals surface area contributed by atoms with Crippen LogP contribution < -0.4 is 14.2 Å². The van der Waals surface area contributed by atoms with E-state index in [0.717, 1.165) is 30.1 Å². The third-order valence-corrected chi connectivity index (χ3v) is 7.97. The Bertz CT molecular complexity index is 1890. The molecule has 0 spiro atoms. The van der Waals surface area contributed by atoms with Crippen LogP contribution in [0.5, 0.6) is 28.7 Å². The Balaban J connectivity index is 0.986. The van der Waals surface area contributed by atoms with Crippen molar-refractivity contribution < 1.29 is 23.7 Å². The Morgan fingerprint density at radius 1 is 0.438 bits per heavy atom. The zero-order valence-electron chi connectivity index (χ0n) is 27.2. The van der Waals surface area contributed by atoms with Gasteiger partial charge in [-0.05, 0) is 127 Å².